The average Bonchev–Trinajstić information content (AvgIpc) is 3.11. The zero-order valence-corrected chi connectivity index (χ0v) is 22.0. The molecular formula is C25H27ClN2O5S2. The summed E-state index contributed by atoms with van der Waals surface area (Å²) in [5.41, 5.74) is 0.715. The number of rotatable bonds is 11. The summed E-state index contributed by atoms with van der Waals surface area (Å²) < 4.78 is 40.9. The summed E-state index contributed by atoms with van der Waals surface area (Å²) in [4.78, 5) is 14.7. The van der Waals surface area contributed by atoms with E-state index in [1.165, 1.54) is 35.2 Å². The van der Waals surface area contributed by atoms with Crippen molar-refractivity contribution in [2.75, 3.05) is 20.3 Å². The van der Waals surface area contributed by atoms with Crippen molar-refractivity contribution in [3.8, 4) is 11.5 Å². The number of methoxy groups -OCH3 is 1. The number of unbranched alkanes of at least 4 members (excludes halogenated alkanes) is 2. The van der Waals surface area contributed by atoms with Gasteiger partial charge in [-0.15, -0.1) is 11.0 Å². The van der Waals surface area contributed by atoms with Crippen molar-refractivity contribution in [2.45, 2.75) is 31.1 Å². The molecule has 0 aliphatic carbocycles. The van der Waals surface area contributed by atoms with E-state index >= 15 is 0 Å². The predicted molar refractivity (Wildman–Crippen MR) is 142 cm³/mol. The molecule has 0 saturated carbocycles. The zero-order chi connectivity index (χ0) is 25.4. The minimum atomic E-state index is -4.05. The van der Waals surface area contributed by atoms with Crippen molar-refractivity contribution >= 4 is 50.5 Å². The molecule has 0 spiro atoms. The first-order valence-corrected chi connectivity index (χ1v) is 13.7. The van der Waals surface area contributed by atoms with Crippen molar-refractivity contribution in [2.24, 2.45) is 4.40 Å². The van der Waals surface area contributed by atoms with Crippen LogP contribution in [0.3, 0.4) is 0 Å². The molecule has 1 aliphatic heterocycles. The predicted octanol–water partition coefficient (Wildman–Crippen LogP) is 5.76. The highest BCUT2D eigenvalue weighted by molar-refractivity contribution is 8.19. The molecule has 0 N–H and O–H groups in total. The van der Waals surface area contributed by atoms with E-state index < -0.39 is 10.0 Å². The molecule has 1 aliphatic rings. The number of nitrogens with zero attached hydrogens (tertiary/aromatic N) is 2. The standard InChI is InChI=1S/C25H27ClN2O5S2/c1-4-6-7-15-33-22-16-18(8-13-21(22)32-3)17-23-24(29)28(14-5-2)25(34-23)27-35(30,31)20-11-9-19(26)10-12-20/h5,8-13,16-17H,2,4,6-7,14-15H2,1,3H3/b23-17-,27-25?. The van der Waals surface area contributed by atoms with Crippen LogP contribution in [0.1, 0.15) is 31.7 Å². The second-order valence-electron chi connectivity index (χ2n) is 7.58. The van der Waals surface area contributed by atoms with Crippen LogP contribution in [0.25, 0.3) is 6.08 Å². The molecule has 2 aromatic carbocycles. The molecular weight excluding hydrogens is 508 g/mol. The Hall–Kier alpha value is -2.75. The summed E-state index contributed by atoms with van der Waals surface area (Å²) in [7, 11) is -2.48. The maximum atomic E-state index is 13.1. The number of hydrogen-bond acceptors (Lipinski definition) is 6. The molecule has 1 saturated heterocycles. The van der Waals surface area contributed by atoms with Gasteiger partial charge in [-0.3, -0.25) is 9.69 Å². The molecule has 1 fully saturated rings. The van der Waals surface area contributed by atoms with Crippen LogP contribution >= 0.6 is 23.4 Å². The lowest BCUT2D eigenvalue weighted by molar-refractivity contribution is -0.121. The molecule has 0 radical (unpaired) electrons. The fourth-order valence-corrected chi connectivity index (χ4v) is 5.53. The molecule has 35 heavy (non-hydrogen) atoms. The minimum Gasteiger partial charge on any atom is -0.493 e. The topological polar surface area (TPSA) is 85.3 Å². The molecule has 10 heteroatoms. The van der Waals surface area contributed by atoms with Gasteiger partial charge in [0.1, 0.15) is 0 Å². The van der Waals surface area contributed by atoms with Crippen molar-refractivity contribution in [1.29, 1.82) is 0 Å². The molecule has 3 rings (SSSR count). The highest BCUT2D eigenvalue weighted by Crippen LogP contribution is 2.35. The Morgan fingerprint density at radius 2 is 1.89 bits per heavy atom. The average molecular weight is 535 g/mol. The number of sulfonamides is 1. The van der Waals surface area contributed by atoms with Crippen LogP contribution in [-0.2, 0) is 14.8 Å². The lowest BCUT2D eigenvalue weighted by Crippen LogP contribution is -2.29. The molecule has 186 valence electrons. The van der Waals surface area contributed by atoms with E-state index in [4.69, 9.17) is 21.1 Å². The quantitative estimate of drug-likeness (QED) is 0.207. The number of hydrogen-bond donors (Lipinski definition) is 0. The summed E-state index contributed by atoms with van der Waals surface area (Å²) in [6.45, 7) is 6.47. The van der Waals surface area contributed by atoms with Gasteiger partial charge in [0, 0.05) is 11.6 Å². The van der Waals surface area contributed by atoms with Crippen molar-refractivity contribution in [3.05, 3.63) is 70.6 Å². The first-order valence-electron chi connectivity index (χ1n) is 11.0. The minimum absolute atomic E-state index is 0.0153. The van der Waals surface area contributed by atoms with Gasteiger partial charge in [-0.1, -0.05) is 43.5 Å². The van der Waals surface area contributed by atoms with E-state index in [2.05, 4.69) is 17.9 Å². The Morgan fingerprint density at radius 1 is 1.14 bits per heavy atom. The van der Waals surface area contributed by atoms with Gasteiger partial charge in [0.25, 0.3) is 15.9 Å². The van der Waals surface area contributed by atoms with Crippen molar-refractivity contribution in [1.82, 2.24) is 4.90 Å². The summed E-state index contributed by atoms with van der Waals surface area (Å²) in [6.07, 6.45) is 6.28. The lowest BCUT2D eigenvalue weighted by Gasteiger charge is -2.12. The van der Waals surface area contributed by atoms with E-state index in [0.29, 0.717) is 33.6 Å². The molecule has 0 bridgehead atoms. The van der Waals surface area contributed by atoms with E-state index in [9.17, 15) is 13.2 Å². The monoisotopic (exact) mass is 534 g/mol. The summed E-state index contributed by atoms with van der Waals surface area (Å²) in [6, 6.07) is 11.1. The van der Waals surface area contributed by atoms with E-state index in [1.807, 2.05) is 0 Å². The number of carbonyl (C=O) groups excluding carboxylic acids is 1. The number of amides is 1. The van der Waals surface area contributed by atoms with Crippen LogP contribution in [0, 0.1) is 0 Å². The summed E-state index contributed by atoms with van der Waals surface area (Å²) in [5.74, 6) is 0.815. The largest absolute Gasteiger partial charge is 0.493 e. The van der Waals surface area contributed by atoms with Gasteiger partial charge in [0.05, 0.1) is 23.5 Å². The van der Waals surface area contributed by atoms with Gasteiger partial charge in [-0.05, 0) is 66.2 Å². The van der Waals surface area contributed by atoms with Crippen LogP contribution in [0.4, 0.5) is 0 Å². The normalized spacial score (nSPS) is 16.2. The van der Waals surface area contributed by atoms with Gasteiger partial charge in [-0.25, -0.2) is 0 Å². The first kappa shape index (κ1) is 26.8. The second-order valence-corrected chi connectivity index (χ2v) is 10.6. The first-order chi connectivity index (χ1) is 16.8. The molecule has 0 atom stereocenters. The lowest BCUT2D eigenvalue weighted by atomic mass is 10.2. The number of ether oxygens (including phenoxy) is 2. The third-order valence-corrected chi connectivity index (χ3v) is 7.66. The van der Waals surface area contributed by atoms with Gasteiger partial charge >= 0.3 is 0 Å². The van der Waals surface area contributed by atoms with Crippen LogP contribution in [0.5, 0.6) is 11.5 Å². The Morgan fingerprint density at radius 3 is 2.54 bits per heavy atom. The second kappa shape index (κ2) is 12.3. The third kappa shape index (κ3) is 6.90. The Labute approximate surface area is 215 Å². The number of benzene rings is 2. The SMILES string of the molecule is C=CCN1C(=O)/C(=C/c2ccc(OC)c(OCCCCC)c2)SC1=NS(=O)(=O)c1ccc(Cl)cc1. The van der Waals surface area contributed by atoms with Crippen LogP contribution in [-0.4, -0.2) is 44.7 Å². The molecule has 0 unspecified atom stereocenters. The maximum Gasteiger partial charge on any atom is 0.284 e. The van der Waals surface area contributed by atoms with Crippen molar-refractivity contribution < 1.29 is 22.7 Å². The Kier molecular flexibility index (Phi) is 9.42. The van der Waals surface area contributed by atoms with Gasteiger partial charge in [-0.2, -0.15) is 8.42 Å². The number of amidine groups is 1. The summed E-state index contributed by atoms with van der Waals surface area (Å²) >= 11 is 6.85. The Balaban J connectivity index is 1.91. The van der Waals surface area contributed by atoms with Crippen molar-refractivity contribution in [3.63, 3.8) is 0 Å². The molecule has 2 aromatic rings. The smallest absolute Gasteiger partial charge is 0.284 e. The van der Waals surface area contributed by atoms with Crippen LogP contribution in [0.15, 0.2) is 69.3 Å². The Bertz CT molecular complexity index is 1240. The molecule has 1 amide bonds. The highest BCUT2D eigenvalue weighted by Gasteiger charge is 2.34. The van der Waals surface area contributed by atoms with Gasteiger partial charge in [0.15, 0.2) is 16.7 Å². The zero-order valence-electron chi connectivity index (χ0n) is 19.6. The van der Waals surface area contributed by atoms with Gasteiger partial charge < -0.3 is 9.47 Å². The van der Waals surface area contributed by atoms with Gasteiger partial charge in [0.2, 0.25) is 0 Å². The van der Waals surface area contributed by atoms with Crippen LogP contribution < -0.4 is 9.47 Å². The number of halogens is 1. The van der Waals surface area contributed by atoms with E-state index in [0.717, 1.165) is 31.0 Å². The van der Waals surface area contributed by atoms with E-state index in [1.54, 1.807) is 31.4 Å². The van der Waals surface area contributed by atoms with E-state index in [-0.39, 0.29) is 22.5 Å². The molecule has 1 heterocycles. The number of carbonyl (C=O) groups is 1. The maximum absolute atomic E-state index is 13.1. The van der Waals surface area contributed by atoms with Crippen LogP contribution in [0.2, 0.25) is 5.02 Å². The fraction of sp³-hybridized carbons (Fsp3) is 0.280. The molecule has 0 aromatic heterocycles. The third-order valence-electron chi connectivity index (χ3n) is 5.00. The highest BCUT2D eigenvalue weighted by atomic mass is 35.5. The summed E-state index contributed by atoms with van der Waals surface area (Å²) in [5, 5.41) is 0.467. The number of thioether (sulfide) groups is 1. The molecule has 7 nitrogen and oxygen atoms in total. The fourth-order valence-electron chi connectivity index (χ4n) is 3.21.